The van der Waals surface area contributed by atoms with E-state index in [1.165, 1.54) is 56.1 Å². The molecule has 32 heavy (non-hydrogen) atoms. The Morgan fingerprint density at radius 3 is 1.75 bits per heavy atom. The summed E-state index contributed by atoms with van der Waals surface area (Å²) < 4.78 is 0. The first-order valence-electron chi connectivity index (χ1n) is 13.1. The van der Waals surface area contributed by atoms with Gasteiger partial charge in [0.15, 0.2) is 0 Å². The van der Waals surface area contributed by atoms with Gasteiger partial charge in [-0.3, -0.25) is 0 Å². The zero-order valence-electron chi connectivity index (χ0n) is 20.7. The normalized spacial score (nSPS) is 19.0. The molecule has 0 saturated heterocycles. The molecular formula is C30H44N2. The molecule has 0 saturated carbocycles. The topological polar surface area (TPSA) is 6.48 Å². The Bertz CT molecular complexity index is 785. The molecule has 2 aromatic rings. The minimum Gasteiger partial charge on any atom is -0.353 e. The van der Waals surface area contributed by atoms with Gasteiger partial charge >= 0.3 is 0 Å². The average molecular weight is 433 g/mol. The van der Waals surface area contributed by atoms with Gasteiger partial charge in [-0.15, -0.1) is 0 Å². The summed E-state index contributed by atoms with van der Waals surface area (Å²) in [7, 11) is 0. The molecule has 0 aromatic heterocycles. The number of unbranched alkanes of at least 4 members (excludes halogenated alkanes) is 5. The third-order valence-electron chi connectivity index (χ3n) is 7.15. The fourth-order valence-electron chi connectivity index (χ4n) is 5.50. The number of hydrogen-bond donors (Lipinski definition) is 0. The van der Waals surface area contributed by atoms with E-state index in [9.17, 15) is 0 Å². The van der Waals surface area contributed by atoms with E-state index in [-0.39, 0.29) is 5.66 Å². The van der Waals surface area contributed by atoms with Crippen LogP contribution in [0.5, 0.6) is 0 Å². The highest BCUT2D eigenvalue weighted by Gasteiger charge is 2.49. The van der Waals surface area contributed by atoms with E-state index in [1.54, 1.807) is 0 Å². The van der Waals surface area contributed by atoms with Crippen molar-refractivity contribution in [2.75, 3.05) is 13.1 Å². The second-order valence-electron chi connectivity index (χ2n) is 9.37. The lowest BCUT2D eigenvalue weighted by atomic mass is 9.78. The molecule has 2 nitrogen and oxygen atoms in total. The highest BCUT2D eigenvalue weighted by atomic mass is 15.4. The van der Waals surface area contributed by atoms with Crippen LogP contribution in [0, 0.1) is 0 Å². The molecule has 0 aliphatic carbocycles. The van der Waals surface area contributed by atoms with E-state index < -0.39 is 0 Å². The van der Waals surface area contributed by atoms with Gasteiger partial charge in [0.25, 0.3) is 0 Å². The van der Waals surface area contributed by atoms with Crippen LogP contribution < -0.4 is 0 Å². The van der Waals surface area contributed by atoms with Gasteiger partial charge in [-0.05, 0) is 30.4 Å². The lowest BCUT2D eigenvalue weighted by molar-refractivity contribution is -0.00371. The molecule has 1 aliphatic heterocycles. The first-order chi connectivity index (χ1) is 15.8. The molecule has 2 atom stereocenters. The summed E-state index contributed by atoms with van der Waals surface area (Å²) in [5.41, 5.74) is 2.86. The van der Waals surface area contributed by atoms with Crippen LogP contribution in [0.15, 0.2) is 73.1 Å². The Morgan fingerprint density at radius 1 is 0.656 bits per heavy atom. The number of hydrogen-bond acceptors (Lipinski definition) is 2. The molecule has 0 amide bonds. The lowest BCUT2D eigenvalue weighted by Crippen LogP contribution is -2.59. The van der Waals surface area contributed by atoms with Crippen LogP contribution in [-0.4, -0.2) is 28.6 Å². The van der Waals surface area contributed by atoms with E-state index in [1.807, 2.05) is 0 Å². The van der Waals surface area contributed by atoms with Gasteiger partial charge in [0.2, 0.25) is 0 Å². The predicted octanol–water partition coefficient (Wildman–Crippen LogP) is 7.98. The van der Waals surface area contributed by atoms with Crippen molar-refractivity contribution in [2.45, 2.75) is 90.1 Å². The van der Waals surface area contributed by atoms with E-state index in [2.05, 4.69) is 104 Å². The van der Waals surface area contributed by atoms with Crippen LogP contribution in [0.3, 0.4) is 0 Å². The molecule has 1 aliphatic rings. The molecule has 0 N–H and O–H groups in total. The minimum atomic E-state index is -0.0442. The maximum absolute atomic E-state index is 2.71. The maximum Gasteiger partial charge on any atom is 0.123 e. The first kappa shape index (κ1) is 24.4. The zero-order chi connectivity index (χ0) is 22.7. The lowest BCUT2D eigenvalue weighted by Gasteiger charge is -2.51. The number of nitrogens with zero attached hydrogens (tertiary/aromatic N) is 2. The third kappa shape index (κ3) is 5.77. The fraction of sp³-hybridized carbons (Fsp3) is 0.533. The predicted molar refractivity (Wildman–Crippen MR) is 139 cm³/mol. The third-order valence-corrected chi connectivity index (χ3v) is 7.15. The average Bonchev–Trinajstić information content (AvgIpc) is 3.16. The van der Waals surface area contributed by atoms with Gasteiger partial charge < -0.3 is 9.80 Å². The summed E-state index contributed by atoms with van der Waals surface area (Å²) in [4.78, 5) is 5.42. The molecule has 0 radical (unpaired) electrons. The second kappa shape index (κ2) is 12.7. The van der Waals surface area contributed by atoms with E-state index >= 15 is 0 Å². The van der Waals surface area contributed by atoms with Crippen molar-refractivity contribution in [2.24, 2.45) is 0 Å². The van der Waals surface area contributed by atoms with Crippen molar-refractivity contribution in [3.05, 3.63) is 84.2 Å². The molecular weight excluding hydrogens is 388 g/mol. The maximum atomic E-state index is 2.71. The van der Waals surface area contributed by atoms with Crippen LogP contribution >= 0.6 is 0 Å². The minimum absolute atomic E-state index is 0.0442. The molecule has 1 heterocycles. The van der Waals surface area contributed by atoms with Gasteiger partial charge in [-0.2, -0.15) is 0 Å². The Morgan fingerprint density at radius 2 is 1.19 bits per heavy atom. The smallest absolute Gasteiger partial charge is 0.123 e. The highest BCUT2D eigenvalue weighted by molar-refractivity contribution is 5.30. The Kier molecular flexibility index (Phi) is 9.71. The first-order valence-corrected chi connectivity index (χ1v) is 13.1. The van der Waals surface area contributed by atoms with Crippen LogP contribution in [0.1, 0.15) is 89.2 Å². The Labute approximate surface area is 197 Å². The largest absolute Gasteiger partial charge is 0.353 e. The zero-order valence-corrected chi connectivity index (χ0v) is 20.7. The molecule has 0 bridgehead atoms. The SMILES string of the molecule is CCCCCCN1C=CN(CCCCC)C1(Cc1ccccc1)C(CC)c1ccccc1. The quantitative estimate of drug-likeness (QED) is 0.279. The fourth-order valence-corrected chi connectivity index (χ4v) is 5.50. The number of rotatable bonds is 14. The Hall–Kier alpha value is -2.22. The highest BCUT2D eigenvalue weighted by Crippen LogP contribution is 2.45. The molecule has 3 rings (SSSR count). The summed E-state index contributed by atoms with van der Waals surface area (Å²) >= 11 is 0. The van der Waals surface area contributed by atoms with E-state index in [0.717, 1.165) is 25.9 Å². The summed E-state index contributed by atoms with van der Waals surface area (Å²) in [5, 5.41) is 0. The van der Waals surface area contributed by atoms with Crippen molar-refractivity contribution >= 4 is 0 Å². The molecule has 2 unspecified atom stereocenters. The summed E-state index contributed by atoms with van der Waals surface area (Å²) in [5.74, 6) is 0.451. The van der Waals surface area contributed by atoms with Crippen molar-refractivity contribution in [3.8, 4) is 0 Å². The van der Waals surface area contributed by atoms with Gasteiger partial charge in [-0.1, -0.05) is 114 Å². The van der Waals surface area contributed by atoms with E-state index in [0.29, 0.717) is 5.92 Å². The van der Waals surface area contributed by atoms with Crippen LogP contribution in [-0.2, 0) is 6.42 Å². The van der Waals surface area contributed by atoms with Gasteiger partial charge in [-0.25, -0.2) is 0 Å². The Balaban J connectivity index is 2.01. The van der Waals surface area contributed by atoms with Crippen molar-refractivity contribution in [3.63, 3.8) is 0 Å². The summed E-state index contributed by atoms with van der Waals surface area (Å²) in [6.07, 6.45) is 16.0. The van der Waals surface area contributed by atoms with Crippen LogP contribution in [0.2, 0.25) is 0 Å². The molecule has 2 aromatic carbocycles. The summed E-state index contributed by atoms with van der Waals surface area (Å²) in [6, 6.07) is 22.4. The van der Waals surface area contributed by atoms with Gasteiger partial charge in [0, 0.05) is 37.8 Å². The van der Waals surface area contributed by atoms with Crippen molar-refractivity contribution in [1.29, 1.82) is 0 Å². The summed E-state index contributed by atoms with van der Waals surface area (Å²) in [6.45, 7) is 9.24. The van der Waals surface area contributed by atoms with E-state index in [4.69, 9.17) is 0 Å². The standard InChI is InChI=1S/C30H44N2/c1-4-7-9-17-23-32-25-24-31(22-16-8-5-2)30(32,26-27-18-12-10-13-19-27)29(6-3)28-20-14-11-15-21-28/h10-15,18-21,24-25,29H,4-9,16-17,22-23,26H2,1-3H3. The molecule has 2 heteroatoms. The van der Waals surface area contributed by atoms with Gasteiger partial charge in [0.1, 0.15) is 5.66 Å². The van der Waals surface area contributed by atoms with Crippen molar-refractivity contribution in [1.82, 2.24) is 9.80 Å². The molecule has 0 fully saturated rings. The van der Waals surface area contributed by atoms with Crippen molar-refractivity contribution < 1.29 is 0 Å². The number of benzene rings is 2. The van der Waals surface area contributed by atoms with Gasteiger partial charge in [0.05, 0.1) is 0 Å². The molecule has 174 valence electrons. The van der Waals surface area contributed by atoms with Crippen LogP contribution in [0.25, 0.3) is 0 Å². The monoisotopic (exact) mass is 432 g/mol. The molecule has 0 spiro atoms. The van der Waals surface area contributed by atoms with Crippen LogP contribution in [0.4, 0.5) is 0 Å². The second-order valence-corrected chi connectivity index (χ2v) is 9.37.